The molecule has 2 rings (SSSR count). The number of nitro groups is 2. The van der Waals surface area contributed by atoms with Gasteiger partial charge in [0.05, 0.1) is 9.85 Å². The van der Waals surface area contributed by atoms with E-state index in [0.29, 0.717) is 0 Å². The monoisotopic (exact) mass is 372 g/mol. The molecule has 2 aromatic rings. The second kappa shape index (κ2) is 6.42. The highest BCUT2D eigenvalue weighted by Gasteiger charge is 2.23. The van der Waals surface area contributed by atoms with Gasteiger partial charge in [-0.2, -0.15) is 0 Å². The van der Waals surface area contributed by atoms with E-state index in [1.807, 2.05) is 0 Å². The van der Waals surface area contributed by atoms with Gasteiger partial charge in [0.1, 0.15) is 10.6 Å². The van der Waals surface area contributed by atoms with E-state index in [2.05, 4.69) is 0 Å². The topological polar surface area (TPSA) is 130 Å². The van der Waals surface area contributed by atoms with Gasteiger partial charge in [0, 0.05) is 35.5 Å². The summed E-state index contributed by atoms with van der Waals surface area (Å²) in [6.45, 7) is 0. The van der Waals surface area contributed by atoms with E-state index in [9.17, 15) is 28.6 Å². The number of hydrogen-bond donors (Lipinski definition) is 0. The van der Waals surface area contributed by atoms with Gasteiger partial charge < -0.3 is 4.74 Å². The number of nitrogens with zero attached hydrogens (tertiary/aromatic N) is 2. The molecule has 0 N–H and O–H groups in total. The highest BCUT2D eigenvalue weighted by atomic mass is 35.5. The van der Waals surface area contributed by atoms with Gasteiger partial charge >= 0.3 is 5.69 Å². The van der Waals surface area contributed by atoms with Crippen LogP contribution in [0.1, 0.15) is 0 Å². The molecular weight excluding hydrogens is 364 g/mol. The van der Waals surface area contributed by atoms with E-state index >= 15 is 0 Å². The van der Waals surface area contributed by atoms with Crippen LogP contribution in [-0.4, -0.2) is 24.5 Å². The van der Waals surface area contributed by atoms with Gasteiger partial charge in [-0.3, -0.25) is 20.2 Å². The molecule has 0 amide bonds. The molecule has 0 heterocycles. The highest BCUT2D eigenvalue weighted by Crippen LogP contribution is 2.37. The first kappa shape index (κ1) is 17.6. The third-order valence-electron chi connectivity index (χ3n) is 2.88. The van der Waals surface area contributed by atoms with Crippen LogP contribution in [0, 0.1) is 20.2 Å². The van der Waals surface area contributed by atoms with Gasteiger partial charge in [0.2, 0.25) is 5.75 Å². The minimum absolute atomic E-state index is 0.137. The van der Waals surface area contributed by atoms with E-state index in [4.69, 9.17) is 16.3 Å². The molecule has 0 saturated heterocycles. The maximum absolute atomic E-state index is 11.8. The molecule has 0 aliphatic rings. The largest absolute Gasteiger partial charge is 0.449 e. The van der Waals surface area contributed by atoms with E-state index in [0.717, 1.165) is 36.6 Å². The molecule has 0 fully saturated rings. The Morgan fingerprint density at radius 1 is 1.00 bits per heavy atom. The number of sulfone groups is 1. The van der Waals surface area contributed by atoms with Crippen molar-refractivity contribution in [3.63, 3.8) is 0 Å². The second-order valence-electron chi connectivity index (χ2n) is 4.63. The number of halogens is 1. The Labute approximate surface area is 140 Å². The van der Waals surface area contributed by atoms with E-state index in [-0.39, 0.29) is 16.5 Å². The molecule has 0 aliphatic carbocycles. The molecule has 0 atom stereocenters. The third kappa shape index (κ3) is 3.78. The Bertz CT molecular complexity index is 943. The summed E-state index contributed by atoms with van der Waals surface area (Å²) in [4.78, 5) is 19.9. The van der Waals surface area contributed by atoms with Crippen LogP contribution in [0.25, 0.3) is 0 Å². The zero-order valence-corrected chi connectivity index (χ0v) is 13.6. The van der Waals surface area contributed by atoms with Crippen molar-refractivity contribution >= 4 is 32.8 Å². The second-order valence-corrected chi connectivity index (χ2v) is 7.05. The lowest BCUT2D eigenvalue weighted by molar-refractivity contribution is -0.385. The molecule has 126 valence electrons. The summed E-state index contributed by atoms with van der Waals surface area (Å²) in [5.41, 5.74) is -0.888. The van der Waals surface area contributed by atoms with Crippen LogP contribution >= 0.6 is 11.6 Å². The Morgan fingerprint density at radius 3 is 2.21 bits per heavy atom. The van der Waals surface area contributed by atoms with Crippen molar-refractivity contribution in [1.82, 2.24) is 0 Å². The lowest BCUT2D eigenvalue weighted by Gasteiger charge is -2.10. The predicted molar refractivity (Wildman–Crippen MR) is 84.4 cm³/mol. The highest BCUT2D eigenvalue weighted by molar-refractivity contribution is 7.90. The Morgan fingerprint density at radius 2 is 1.67 bits per heavy atom. The lowest BCUT2D eigenvalue weighted by atomic mass is 10.3. The van der Waals surface area contributed by atoms with Gasteiger partial charge in [-0.1, -0.05) is 11.6 Å². The quantitative estimate of drug-likeness (QED) is 0.580. The summed E-state index contributed by atoms with van der Waals surface area (Å²) >= 11 is 5.77. The number of benzene rings is 2. The average molecular weight is 373 g/mol. The van der Waals surface area contributed by atoms with E-state index in [1.165, 1.54) is 6.07 Å². The number of rotatable bonds is 5. The summed E-state index contributed by atoms with van der Waals surface area (Å²) < 4.78 is 29.0. The zero-order chi connectivity index (χ0) is 18.1. The number of ether oxygens (including phenoxy) is 1. The molecule has 9 nitrogen and oxygen atoms in total. The first-order valence-electron chi connectivity index (χ1n) is 6.20. The predicted octanol–water partition coefficient (Wildman–Crippen LogP) is 3.35. The molecule has 0 radical (unpaired) electrons. The summed E-state index contributed by atoms with van der Waals surface area (Å²) in [7, 11) is -3.89. The van der Waals surface area contributed by atoms with E-state index in [1.54, 1.807) is 0 Å². The Hall–Kier alpha value is -2.72. The van der Waals surface area contributed by atoms with Crippen LogP contribution < -0.4 is 4.74 Å². The summed E-state index contributed by atoms with van der Waals surface area (Å²) in [5, 5.41) is 22.0. The van der Waals surface area contributed by atoms with Gasteiger partial charge in [0.15, 0.2) is 9.84 Å². The fraction of sp³-hybridized carbons (Fsp3) is 0.0769. The molecule has 0 spiro atoms. The third-order valence-corrected chi connectivity index (χ3v) is 4.23. The normalized spacial score (nSPS) is 11.1. The number of nitro benzene ring substituents is 2. The van der Waals surface area contributed by atoms with Crippen LogP contribution in [0.2, 0.25) is 5.02 Å². The van der Waals surface area contributed by atoms with Crippen LogP contribution in [0.4, 0.5) is 11.4 Å². The first-order valence-corrected chi connectivity index (χ1v) is 8.47. The van der Waals surface area contributed by atoms with E-state index < -0.39 is 36.0 Å². The minimum Gasteiger partial charge on any atom is -0.449 e. The van der Waals surface area contributed by atoms with Gasteiger partial charge in [-0.25, -0.2) is 8.42 Å². The van der Waals surface area contributed by atoms with Crippen LogP contribution in [0.5, 0.6) is 11.5 Å². The lowest BCUT2D eigenvalue weighted by Crippen LogP contribution is -2.02. The smallest absolute Gasteiger partial charge is 0.311 e. The Balaban J connectivity index is 2.61. The number of non-ortho nitro benzene ring substituents is 1. The summed E-state index contributed by atoms with van der Waals surface area (Å²) in [6.07, 6.45) is 0.839. The fourth-order valence-corrected chi connectivity index (χ4v) is 2.80. The maximum atomic E-state index is 11.8. The average Bonchev–Trinajstić information content (AvgIpc) is 2.46. The maximum Gasteiger partial charge on any atom is 0.311 e. The molecule has 0 aliphatic heterocycles. The van der Waals surface area contributed by atoms with Crippen molar-refractivity contribution in [3.8, 4) is 11.5 Å². The SMILES string of the molecule is CS(=O)(=O)c1cc([N+](=O)[O-])ccc1Oc1cc(Cl)ccc1[N+](=O)[O-]. The molecule has 0 bridgehead atoms. The van der Waals surface area contributed by atoms with Crippen molar-refractivity contribution in [1.29, 1.82) is 0 Å². The first-order chi connectivity index (χ1) is 11.1. The molecule has 11 heteroatoms. The van der Waals surface area contributed by atoms with Crippen molar-refractivity contribution in [2.45, 2.75) is 4.90 Å². The van der Waals surface area contributed by atoms with Gasteiger partial charge in [-0.15, -0.1) is 0 Å². The summed E-state index contributed by atoms with van der Waals surface area (Å²) in [5.74, 6) is -0.570. The standard InChI is InChI=1S/C13H9ClN2O7S/c1-24(21,22)13-7-9(15(17)18)3-5-11(13)23-12-6-8(14)2-4-10(12)16(19)20/h2-7H,1H3. The Kier molecular flexibility index (Phi) is 4.71. The molecular formula is C13H9ClN2O7S. The van der Waals surface area contributed by atoms with Crippen molar-refractivity contribution in [2.75, 3.05) is 6.26 Å². The zero-order valence-electron chi connectivity index (χ0n) is 12.0. The van der Waals surface area contributed by atoms with Crippen LogP contribution in [0.15, 0.2) is 41.3 Å². The van der Waals surface area contributed by atoms with Gasteiger partial charge in [0.25, 0.3) is 5.69 Å². The van der Waals surface area contributed by atoms with Gasteiger partial charge in [-0.05, 0) is 12.1 Å². The van der Waals surface area contributed by atoms with Crippen LogP contribution in [-0.2, 0) is 9.84 Å². The van der Waals surface area contributed by atoms with Crippen LogP contribution in [0.3, 0.4) is 0 Å². The molecule has 24 heavy (non-hydrogen) atoms. The molecule has 0 unspecified atom stereocenters. The number of hydrogen-bond acceptors (Lipinski definition) is 7. The van der Waals surface area contributed by atoms with Crippen molar-refractivity contribution in [2.24, 2.45) is 0 Å². The fourth-order valence-electron chi connectivity index (χ4n) is 1.82. The molecule has 2 aromatic carbocycles. The van der Waals surface area contributed by atoms with Crippen molar-refractivity contribution < 1.29 is 23.0 Å². The minimum atomic E-state index is -3.89. The molecule has 0 saturated carbocycles. The molecule has 0 aromatic heterocycles. The summed E-state index contributed by atoms with van der Waals surface area (Å²) in [6, 6.07) is 6.43. The van der Waals surface area contributed by atoms with Crippen molar-refractivity contribution in [3.05, 3.63) is 61.6 Å².